The van der Waals surface area contributed by atoms with Crippen molar-refractivity contribution in [1.82, 2.24) is 4.31 Å². The van der Waals surface area contributed by atoms with Crippen molar-refractivity contribution in [3.8, 4) is 0 Å². The molecule has 2 aromatic rings. The van der Waals surface area contributed by atoms with Crippen LogP contribution in [-0.4, -0.2) is 32.0 Å². The van der Waals surface area contributed by atoms with Crippen LogP contribution in [0, 0.1) is 0 Å². The van der Waals surface area contributed by atoms with Crippen LogP contribution >= 0.6 is 0 Å². The number of benzene rings is 2. The van der Waals surface area contributed by atoms with E-state index in [0.29, 0.717) is 24.0 Å². The third-order valence-corrected chi connectivity index (χ3v) is 6.60. The lowest BCUT2D eigenvalue weighted by Crippen LogP contribution is -2.36. The van der Waals surface area contributed by atoms with Crippen molar-refractivity contribution in [1.29, 1.82) is 0 Å². The van der Waals surface area contributed by atoms with Crippen LogP contribution in [0.1, 0.15) is 43.9 Å². The average molecular weight is 359 g/mol. The highest BCUT2D eigenvalue weighted by molar-refractivity contribution is 7.89. The van der Waals surface area contributed by atoms with E-state index in [1.165, 1.54) is 5.56 Å². The van der Waals surface area contributed by atoms with E-state index in [4.69, 9.17) is 4.74 Å². The smallest absolute Gasteiger partial charge is 0.243 e. The zero-order valence-electron chi connectivity index (χ0n) is 14.9. The Bertz CT molecular complexity index is 797. The molecule has 2 unspecified atom stereocenters. The van der Waals surface area contributed by atoms with Gasteiger partial charge in [0.15, 0.2) is 0 Å². The van der Waals surface area contributed by atoms with Gasteiger partial charge in [0.1, 0.15) is 0 Å². The minimum Gasteiger partial charge on any atom is -0.372 e. The zero-order valence-corrected chi connectivity index (χ0v) is 15.7. The van der Waals surface area contributed by atoms with Gasteiger partial charge in [-0.25, -0.2) is 8.42 Å². The van der Waals surface area contributed by atoms with E-state index in [1.54, 1.807) is 28.6 Å². The Hall–Kier alpha value is -1.69. The molecule has 2 atom stereocenters. The van der Waals surface area contributed by atoms with E-state index in [0.717, 1.165) is 5.56 Å². The molecule has 2 aromatic carbocycles. The summed E-state index contributed by atoms with van der Waals surface area (Å²) in [5.74, 6) is 0.452. The van der Waals surface area contributed by atoms with Crippen LogP contribution in [-0.2, 0) is 14.8 Å². The number of sulfonamides is 1. The van der Waals surface area contributed by atoms with Crippen molar-refractivity contribution in [2.75, 3.05) is 13.2 Å². The lowest BCUT2D eigenvalue weighted by molar-refractivity contribution is 0.295. The second-order valence-electron chi connectivity index (χ2n) is 6.84. The van der Waals surface area contributed by atoms with Crippen molar-refractivity contribution >= 4 is 10.0 Å². The van der Waals surface area contributed by atoms with E-state index in [2.05, 4.69) is 26.0 Å². The minimum atomic E-state index is -3.58. The predicted octanol–water partition coefficient (Wildman–Crippen LogP) is 3.96. The van der Waals surface area contributed by atoms with Crippen LogP contribution in [0.3, 0.4) is 0 Å². The number of hydrogen-bond acceptors (Lipinski definition) is 3. The average Bonchev–Trinajstić information content (AvgIpc) is 3.44. The van der Waals surface area contributed by atoms with Crippen molar-refractivity contribution in [3.63, 3.8) is 0 Å². The number of ether oxygens (including phenoxy) is 1. The molecule has 0 saturated carbocycles. The van der Waals surface area contributed by atoms with Gasteiger partial charge in [-0.2, -0.15) is 4.31 Å². The largest absolute Gasteiger partial charge is 0.372 e. The Kier molecular flexibility index (Phi) is 5.27. The van der Waals surface area contributed by atoms with E-state index >= 15 is 0 Å². The maximum absolute atomic E-state index is 13.2. The molecule has 134 valence electrons. The maximum Gasteiger partial charge on any atom is 0.243 e. The molecular weight excluding hydrogens is 334 g/mol. The molecule has 1 fully saturated rings. The van der Waals surface area contributed by atoms with Crippen molar-refractivity contribution in [2.45, 2.75) is 43.7 Å². The summed E-state index contributed by atoms with van der Waals surface area (Å²) in [6.07, 6.45) is -0.00382. The molecule has 0 N–H and O–H groups in total. The highest BCUT2D eigenvalue weighted by Gasteiger charge is 2.36. The molecule has 0 bridgehead atoms. The van der Waals surface area contributed by atoms with Crippen LogP contribution in [0.5, 0.6) is 0 Å². The van der Waals surface area contributed by atoms with E-state index in [9.17, 15) is 8.42 Å². The third-order valence-electron chi connectivity index (χ3n) is 4.65. The van der Waals surface area contributed by atoms with Crippen LogP contribution < -0.4 is 0 Å². The summed E-state index contributed by atoms with van der Waals surface area (Å²) in [6, 6.07) is 16.6. The lowest BCUT2D eigenvalue weighted by atomic mass is 9.99. The normalized spacial score (nSPS) is 18.5. The fourth-order valence-electron chi connectivity index (χ4n) is 2.89. The summed E-state index contributed by atoms with van der Waals surface area (Å²) in [4.78, 5) is 0.321. The molecule has 0 amide bonds. The van der Waals surface area contributed by atoms with Gasteiger partial charge < -0.3 is 4.74 Å². The monoisotopic (exact) mass is 359 g/mol. The van der Waals surface area contributed by atoms with Crippen molar-refractivity contribution in [2.24, 2.45) is 0 Å². The summed E-state index contributed by atoms with van der Waals surface area (Å²) in [6.45, 7) is 7.24. The van der Waals surface area contributed by atoms with Crippen LogP contribution in [0.25, 0.3) is 0 Å². The van der Waals surface area contributed by atoms with Gasteiger partial charge in [-0.3, -0.25) is 0 Å². The highest BCUT2D eigenvalue weighted by atomic mass is 32.2. The summed E-state index contributed by atoms with van der Waals surface area (Å²) < 4.78 is 33.2. The molecular formula is C20H25NO3S. The first-order valence-corrected chi connectivity index (χ1v) is 10.1. The molecule has 1 saturated heterocycles. The quantitative estimate of drug-likeness (QED) is 0.703. The van der Waals surface area contributed by atoms with E-state index < -0.39 is 10.0 Å². The van der Waals surface area contributed by atoms with Crippen LogP contribution in [0.2, 0.25) is 0 Å². The Morgan fingerprint density at radius 1 is 1.00 bits per heavy atom. The Balaban J connectivity index is 1.92. The Labute approximate surface area is 150 Å². The molecule has 1 aliphatic heterocycles. The molecule has 3 rings (SSSR count). The molecule has 1 heterocycles. The van der Waals surface area contributed by atoms with Gasteiger partial charge >= 0.3 is 0 Å². The summed E-state index contributed by atoms with van der Waals surface area (Å²) in [5, 5.41) is 0. The van der Waals surface area contributed by atoms with Gasteiger partial charge in [-0.15, -0.1) is 0 Å². The molecule has 5 heteroatoms. The number of rotatable bonds is 7. The standard InChI is InChI=1S/C20H25NO3S/c1-15(2)17-9-11-18(12-10-17)16(3)21(13-19-14-24-19)25(22,23)20-7-5-4-6-8-20/h4-12,15-16,19H,13-14H2,1-3H3. The second-order valence-corrected chi connectivity index (χ2v) is 8.73. The molecule has 1 aliphatic rings. The van der Waals surface area contributed by atoms with Gasteiger partial charge in [0.05, 0.1) is 17.6 Å². The van der Waals surface area contributed by atoms with Crippen LogP contribution in [0.4, 0.5) is 0 Å². The first kappa shape index (κ1) is 18.1. The first-order valence-electron chi connectivity index (χ1n) is 8.68. The Morgan fingerprint density at radius 2 is 1.56 bits per heavy atom. The SMILES string of the molecule is CC(C)c1ccc(C(C)N(CC2CO2)S(=O)(=O)c2ccccc2)cc1. The molecule has 0 spiro atoms. The minimum absolute atomic E-state index is 0.00382. The maximum atomic E-state index is 13.2. The Morgan fingerprint density at radius 3 is 2.08 bits per heavy atom. The highest BCUT2D eigenvalue weighted by Crippen LogP contribution is 2.30. The topological polar surface area (TPSA) is 49.9 Å². The summed E-state index contributed by atoms with van der Waals surface area (Å²) in [7, 11) is -3.58. The summed E-state index contributed by atoms with van der Waals surface area (Å²) >= 11 is 0. The predicted molar refractivity (Wildman–Crippen MR) is 99.0 cm³/mol. The van der Waals surface area contributed by atoms with Gasteiger partial charge in [0.2, 0.25) is 10.0 Å². The number of hydrogen-bond donors (Lipinski definition) is 0. The molecule has 25 heavy (non-hydrogen) atoms. The number of nitrogens with zero attached hydrogens (tertiary/aromatic N) is 1. The molecule has 4 nitrogen and oxygen atoms in total. The summed E-state index contributed by atoms with van der Waals surface area (Å²) in [5.41, 5.74) is 2.24. The fraction of sp³-hybridized carbons (Fsp3) is 0.400. The molecule has 0 radical (unpaired) electrons. The second kappa shape index (κ2) is 7.28. The molecule has 0 aromatic heterocycles. The zero-order chi connectivity index (χ0) is 18.0. The van der Waals surface area contributed by atoms with Crippen molar-refractivity contribution in [3.05, 3.63) is 65.7 Å². The van der Waals surface area contributed by atoms with Gasteiger partial charge in [-0.05, 0) is 36.1 Å². The van der Waals surface area contributed by atoms with Gasteiger partial charge in [0, 0.05) is 12.6 Å². The first-order chi connectivity index (χ1) is 11.9. The lowest BCUT2D eigenvalue weighted by Gasteiger charge is -2.28. The molecule has 0 aliphatic carbocycles. The van der Waals surface area contributed by atoms with Crippen LogP contribution in [0.15, 0.2) is 59.5 Å². The van der Waals surface area contributed by atoms with E-state index in [-0.39, 0.29) is 12.1 Å². The third kappa shape index (κ3) is 4.11. The van der Waals surface area contributed by atoms with Gasteiger partial charge in [0.25, 0.3) is 0 Å². The fourth-order valence-corrected chi connectivity index (χ4v) is 4.56. The van der Waals surface area contributed by atoms with Gasteiger partial charge in [-0.1, -0.05) is 56.3 Å². The van der Waals surface area contributed by atoms with E-state index in [1.807, 2.05) is 25.1 Å². The number of epoxide rings is 1. The van der Waals surface area contributed by atoms with Crippen molar-refractivity contribution < 1.29 is 13.2 Å².